The van der Waals surface area contributed by atoms with Crippen molar-refractivity contribution in [3.05, 3.63) is 23.8 Å². The number of carbonyl (C=O) groups is 1. The Balaban J connectivity index is 1.57. The first-order valence-electron chi connectivity index (χ1n) is 7.60. The highest BCUT2D eigenvalue weighted by Crippen LogP contribution is 2.37. The average molecular weight is 272 g/mol. The molecule has 4 rings (SSSR count). The smallest absolute Gasteiger partial charge is 0.230 e. The molecule has 2 fully saturated rings. The number of fused-ring (bicyclic) bond motifs is 1. The second-order valence-electron chi connectivity index (χ2n) is 5.93. The molecule has 1 aromatic rings. The zero-order chi connectivity index (χ0) is 13.5. The Bertz CT molecular complexity index is 533. The van der Waals surface area contributed by atoms with E-state index in [1.54, 1.807) is 0 Å². The highest BCUT2D eigenvalue weighted by molar-refractivity contribution is 5.98. The van der Waals surface area contributed by atoms with Gasteiger partial charge in [-0.1, -0.05) is 0 Å². The molecule has 20 heavy (non-hydrogen) atoms. The lowest BCUT2D eigenvalue weighted by Gasteiger charge is -2.29. The number of amides is 1. The van der Waals surface area contributed by atoms with E-state index in [-0.39, 0.29) is 0 Å². The van der Waals surface area contributed by atoms with Crippen LogP contribution in [-0.4, -0.2) is 38.8 Å². The van der Waals surface area contributed by atoms with Crippen LogP contribution >= 0.6 is 0 Å². The van der Waals surface area contributed by atoms with Crippen molar-refractivity contribution < 1.29 is 9.53 Å². The average Bonchev–Trinajstić information content (AvgIpc) is 3.27. The van der Waals surface area contributed by atoms with Gasteiger partial charge in [-0.05, 0) is 43.0 Å². The van der Waals surface area contributed by atoms with E-state index in [2.05, 4.69) is 23.1 Å². The summed E-state index contributed by atoms with van der Waals surface area (Å²) in [4.78, 5) is 16.6. The first-order chi connectivity index (χ1) is 9.83. The van der Waals surface area contributed by atoms with Crippen LogP contribution in [0.5, 0.6) is 0 Å². The predicted molar refractivity (Wildman–Crippen MR) is 78.3 cm³/mol. The normalized spacial score (nSPS) is 22.0. The highest BCUT2D eigenvalue weighted by Gasteiger charge is 2.36. The summed E-state index contributed by atoms with van der Waals surface area (Å²) in [6, 6.07) is 6.55. The Morgan fingerprint density at radius 1 is 1.15 bits per heavy atom. The Morgan fingerprint density at radius 3 is 2.70 bits per heavy atom. The SMILES string of the molecule is O=C(C1CC1)N1CCc2cc(N3CCOCC3)ccc21. The van der Waals surface area contributed by atoms with Crippen molar-refractivity contribution in [2.45, 2.75) is 19.3 Å². The number of hydrogen-bond donors (Lipinski definition) is 0. The predicted octanol–water partition coefficient (Wildman–Crippen LogP) is 1.82. The minimum Gasteiger partial charge on any atom is -0.378 e. The molecule has 1 aromatic carbocycles. The van der Waals surface area contributed by atoms with Crippen molar-refractivity contribution in [2.24, 2.45) is 5.92 Å². The number of ether oxygens (including phenoxy) is 1. The van der Waals surface area contributed by atoms with Crippen LogP contribution in [-0.2, 0) is 16.0 Å². The van der Waals surface area contributed by atoms with E-state index in [1.807, 2.05) is 4.90 Å². The second-order valence-corrected chi connectivity index (χ2v) is 5.93. The largest absolute Gasteiger partial charge is 0.378 e. The molecule has 106 valence electrons. The van der Waals surface area contributed by atoms with Gasteiger partial charge in [-0.2, -0.15) is 0 Å². The van der Waals surface area contributed by atoms with Gasteiger partial charge >= 0.3 is 0 Å². The van der Waals surface area contributed by atoms with Gasteiger partial charge in [-0.15, -0.1) is 0 Å². The molecule has 4 nitrogen and oxygen atoms in total. The maximum atomic E-state index is 12.3. The van der Waals surface area contributed by atoms with Crippen LogP contribution in [0.4, 0.5) is 11.4 Å². The fourth-order valence-corrected chi connectivity index (χ4v) is 3.19. The van der Waals surface area contributed by atoms with Crippen molar-refractivity contribution in [3.63, 3.8) is 0 Å². The van der Waals surface area contributed by atoms with Crippen molar-refractivity contribution >= 4 is 17.3 Å². The monoisotopic (exact) mass is 272 g/mol. The van der Waals surface area contributed by atoms with Crippen LogP contribution in [0.25, 0.3) is 0 Å². The molecule has 4 heteroatoms. The maximum absolute atomic E-state index is 12.3. The van der Waals surface area contributed by atoms with Crippen molar-refractivity contribution in [3.8, 4) is 0 Å². The van der Waals surface area contributed by atoms with E-state index in [0.29, 0.717) is 11.8 Å². The van der Waals surface area contributed by atoms with Gasteiger partial charge in [0, 0.05) is 36.9 Å². The van der Waals surface area contributed by atoms with Crippen molar-refractivity contribution in [2.75, 3.05) is 42.6 Å². The summed E-state index contributed by atoms with van der Waals surface area (Å²) in [6.45, 7) is 4.40. The molecule has 2 heterocycles. The number of nitrogens with zero attached hydrogens (tertiary/aromatic N) is 2. The third kappa shape index (κ3) is 2.08. The molecular weight excluding hydrogens is 252 g/mol. The van der Waals surface area contributed by atoms with Crippen LogP contribution in [0.15, 0.2) is 18.2 Å². The molecule has 1 saturated carbocycles. The molecule has 2 aliphatic heterocycles. The van der Waals surface area contributed by atoms with E-state index in [4.69, 9.17) is 4.74 Å². The van der Waals surface area contributed by atoms with Gasteiger partial charge in [0.25, 0.3) is 0 Å². The molecule has 0 spiro atoms. The lowest BCUT2D eigenvalue weighted by atomic mass is 10.1. The number of hydrogen-bond acceptors (Lipinski definition) is 3. The van der Waals surface area contributed by atoms with Gasteiger partial charge < -0.3 is 14.5 Å². The topological polar surface area (TPSA) is 32.8 Å². The number of morpholine rings is 1. The van der Waals surface area contributed by atoms with E-state index in [1.165, 1.54) is 11.3 Å². The summed E-state index contributed by atoms with van der Waals surface area (Å²) in [7, 11) is 0. The Morgan fingerprint density at radius 2 is 1.95 bits per heavy atom. The molecule has 1 amide bonds. The molecule has 0 aromatic heterocycles. The molecule has 0 unspecified atom stereocenters. The van der Waals surface area contributed by atoms with Gasteiger partial charge in [0.1, 0.15) is 0 Å². The van der Waals surface area contributed by atoms with Crippen molar-refractivity contribution in [1.29, 1.82) is 0 Å². The van der Waals surface area contributed by atoms with Crippen LogP contribution in [0, 0.1) is 5.92 Å². The van der Waals surface area contributed by atoms with Crippen LogP contribution in [0.1, 0.15) is 18.4 Å². The van der Waals surface area contributed by atoms with E-state index >= 15 is 0 Å². The standard InChI is InChI=1S/C16H20N2O2/c19-16(12-1-2-12)18-6-5-13-11-14(3-4-15(13)18)17-7-9-20-10-8-17/h3-4,11-12H,1-2,5-10H2. The fourth-order valence-electron chi connectivity index (χ4n) is 3.19. The van der Waals surface area contributed by atoms with Crippen LogP contribution in [0.3, 0.4) is 0 Å². The third-order valence-electron chi connectivity index (χ3n) is 4.53. The summed E-state index contributed by atoms with van der Waals surface area (Å²) >= 11 is 0. The van der Waals surface area contributed by atoms with Gasteiger partial charge in [0.05, 0.1) is 13.2 Å². The quantitative estimate of drug-likeness (QED) is 0.823. The minimum absolute atomic E-state index is 0.305. The van der Waals surface area contributed by atoms with Gasteiger partial charge in [0.2, 0.25) is 5.91 Å². The summed E-state index contributed by atoms with van der Waals surface area (Å²) in [5, 5.41) is 0. The summed E-state index contributed by atoms with van der Waals surface area (Å²) in [6.07, 6.45) is 3.15. The van der Waals surface area contributed by atoms with E-state index in [9.17, 15) is 4.79 Å². The Hall–Kier alpha value is -1.55. The first kappa shape index (κ1) is 12.2. The lowest BCUT2D eigenvalue weighted by Crippen LogP contribution is -2.36. The highest BCUT2D eigenvalue weighted by atomic mass is 16.5. The van der Waals surface area contributed by atoms with Crippen LogP contribution < -0.4 is 9.80 Å². The molecule has 3 aliphatic rings. The molecule has 0 bridgehead atoms. The number of anilines is 2. The third-order valence-corrected chi connectivity index (χ3v) is 4.53. The molecular formula is C16H20N2O2. The number of benzene rings is 1. The van der Waals surface area contributed by atoms with Gasteiger partial charge in [0.15, 0.2) is 0 Å². The van der Waals surface area contributed by atoms with Crippen LogP contribution in [0.2, 0.25) is 0 Å². The van der Waals surface area contributed by atoms with Gasteiger partial charge in [-0.3, -0.25) is 4.79 Å². The number of carbonyl (C=O) groups excluding carboxylic acids is 1. The molecule has 0 radical (unpaired) electrons. The molecule has 0 atom stereocenters. The fraction of sp³-hybridized carbons (Fsp3) is 0.562. The zero-order valence-corrected chi connectivity index (χ0v) is 11.7. The number of rotatable bonds is 2. The molecule has 1 saturated heterocycles. The summed E-state index contributed by atoms with van der Waals surface area (Å²) in [5.74, 6) is 0.641. The van der Waals surface area contributed by atoms with Gasteiger partial charge in [-0.25, -0.2) is 0 Å². The van der Waals surface area contributed by atoms with E-state index < -0.39 is 0 Å². The lowest BCUT2D eigenvalue weighted by molar-refractivity contribution is -0.119. The van der Waals surface area contributed by atoms with E-state index in [0.717, 1.165) is 57.8 Å². The summed E-state index contributed by atoms with van der Waals surface area (Å²) in [5.41, 5.74) is 3.73. The molecule has 1 aliphatic carbocycles. The first-order valence-corrected chi connectivity index (χ1v) is 7.60. The maximum Gasteiger partial charge on any atom is 0.230 e. The Labute approximate surface area is 119 Å². The zero-order valence-electron chi connectivity index (χ0n) is 11.7. The second kappa shape index (κ2) is 4.77. The molecule has 0 N–H and O–H groups in total. The van der Waals surface area contributed by atoms with Crippen molar-refractivity contribution in [1.82, 2.24) is 0 Å². The Kier molecular flexibility index (Phi) is 2.91. The minimum atomic E-state index is 0.305. The summed E-state index contributed by atoms with van der Waals surface area (Å²) < 4.78 is 5.40.